The molecule has 138 valence electrons. The number of benzene rings is 3. The number of non-ortho nitro benzene ring substituents is 1. The zero-order valence-electron chi connectivity index (χ0n) is 14.7. The van der Waals surface area contributed by atoms with E-state index in [9.17, 15) is 19.7 Å². The molecule has 0 bridgehead atoms. The van der Waals surface area contributed by atoms with E-state index < -0.39 is 16.7 Å². The number of fused-ring (bicyclic) bond motifs is 1. The maximum Gasteiger partial charge on any atom is 0.270 e. The van der Waals surface area contributed by atoms with Gasteiger partial charge in [-0.15, -0.1) is 0 Å². The van der Waals surface area contributed by atoms with Gasteiger partial charge in [0.05, 0.1) is 22.7 Å². The highest BCUT2D eigenvalue weighted by Crippen LogP contribution is 2.27. The molecule has 0 saturated heterocycles. The minimum Gasteiger partial charge on any atom is -0.367 e. The van der Waals surface area contributed by atoms with Crippen molar-refractivity contribution < 1.29 is 14.5 Å². The Morgan fingerprint density at radius 3 is 2.14 bits per heavy atom. The molecule has 1 N–H and O–H groups in total. The van der Waals surface area contributed by atoms with Gasteiger partial charge in [-0.2, -0.15) is 0 Å². The van der Waals surface area contributed by atoms with E-state index in [0.717, 1.165) is 27.8 Å². The normalized spacial score (nSPS) is 12.8. The van der Waals surface area contributed by atoms with Gasteiger partial charge in [0.25, 0.3) is 17.5 Å². The SMILES string of the molecule is O=C1c2ccc([N+](=O)[O-])cc2C(=O)N1CNc1ccc(-c2ccccc2)cc1. The number of nitro benzene ring substituents is 1. The van der Waals surface area contributed by atoms with Crippen molar-refractivity contribution in [2.45, 2.75) is 0 Å². The van der Waals surface area contributed by atoms with Gasteiger partial charge in [-0.05, 0) is 29.3 Å². The van der Waals surface area contributed by atoms with Crippen LogP contribution in [0.3, 0.4) is 0 Å². The third-order valence-corrected chi connectivity index (χ3v) is 4.60. The second-order valence-electron chi connectivity index (χ2n) is 6.30. The summed E-state index contributed by atoms with van der Waals surface area (Å²) in [4.78, 5) is 36.3. The number of hydrogen-bond donors (Lipinski definition) is 1. The highest BCUT2D eigenvalue weighted by atomic mass is 16.6. The van der Waals surface area contributed by atoms with Crippen molar-refractivity contribution in [2.24, 2.45) is 0 Å². The molecular formula is C21H15N3O4. The summed E-state index contributed by atoms with van der Waals surface area (Å²) < 4.78 is 0. The molecule has 1 heterocycles. The van der Waals surface area contributed by atoms with Gasteiger partial charge in [0.2, 0.25) is 0 Å². The fourth-order valence-electron chi connectivity index (χ4n) is 3.12. The van der Waals surface area contributed by atoms with Gasteiger partial charge in [-0.25, -0.2) is 0 Å². The highest BCUT2D eigenvalue weighted by molar-refractivity contribution is 6.21. The van der Waals surface area contributed by atoms with Crippen molar-refractivity contribution in [1.82, 2.24) is 4.90 Å². The molecule has 28 heavy (non-hydrogen) atoms. The number of rotatable bonds is 5. The Kier molecular flexibility index (Phi) is 4.33. The molecule has 0 unspecified atom stereocenters. The first-order valence-corrected chi connectivity index (χ1v) is 8.58. The minimum atomic E-state index is -0.590. The van der Waals surface area contributed by atoms with Crippen LogP contribution in [-0.4, -0.2) is 28.3 Å². The molecule has 0 aliphatic carbocycles. The van der Waals surface area contributed by atoms with Gasteiger partial charge in [0, 0.05) is 17.8 Å². The van der Waals surface area contributed by atoms with Crippen molar-refractivity contribution in [3.05, 3.63) is 94.0 Å². The summed E-state index contributed by atoms with van der Waals surface area (Å²) in [5.74, 6) is -1.01. The van der Waals surface area contributed by atoms with Crippen LogP contribution in [-0.2, 0) is 0 Å². The van der Waals surface area contributed by atoms with Crippen LogP contribution < -0.4 is 5.32 Å². The maximum atomic E-state index is 12.5. The quantitative estimate of drug-likeness (QED) is 0.416. The molecule has 7 heteroatoms. The average molecular weight is 373 g/mol. The predicted molar refractivity (Wildman–Crippen MR) is 104 cm³/mol. The Balaban J connectivity index is 1.47. The van der Waals surface area contributed by atoms with Crippen LogP contribution in [0.15, 0.2) is 72.8 Å². The van der Waals surface area contributed by atoms with Gasteiger partial charge in [0.1, 0.15) is 0 Å². The number of hydrogen-bond acceptors (Lipinski definition) is 5. The lowest BCUT2D eigenvalue weighted by Gasteiger charge is -2.16. The molecule has 0 fully saturated rings. The Hall–Kier alpha value is -4.00. The molecule has 0 spiro atoms. The lowest BCUT2D eigenvalue weighted by molar-refractivity contribution is -0.384. The Bertz CT molecular complexity index is 1080. The largest absolute Gasteiger partial charge is 0.367 e. The summed E-state index contributed by atoms with van der Waals surface area (Å²) in [5.41, 5.74) is 2.92. The standard InChI is InChI=1S/C21H15N3O4/c25-20-18-11-10-17(24(27)28)12-19(18)21(26)23(20)13-22-16-8-6-15(7-9-16)14-4-2-1-3-5-14/h1-12,22H,13H2. The molecule has 1 aliphatic heterocycles. The Labute approximate surface area is 160 Å². The summed E-state index contributed by atoms with van der Waals surface area (Å²) in [7, 11) is 0. The summed E-state index contributed by atoms with van der Waals surface area (Å²) >= 11 is 0. The van der Waals surface area contributed by atoms with Crippen LogP contribution in [0.5, 0.6) is 0 Å². The average Bonchev–Trinajstić information content (AvgIpc) is 2.97. The van der Waals surface area contributed by atoms with Gasteiger partial charge in [0.15, 0.2) is 0 Å². The van der Waals surface area contributed by atoms with Crippen molar-refractivity contribution in [2.75, 3.05) is 12.0 Å². The van der Waals surface area contributed by atoms with Crippen molar-refractivity contribution in [3.63, 3.8) is 0 Å². The summed E-state index contributed by atoms with van der Waals surface area (Å²) in [6.45, 7) is -0.0230. The van der Waals surface area contributed by atoms with Crippen molar-refractivity contribution in [1.29, 1.82) is 0 Å². The number of amides is 2. The number of anilines is 1. The first-order chi connectivity index (χ1) is 13.5. The number of nitrogens with zero attached hydrogens (tertiary/aromatic N) is 2. The molecule has 0 radical (unpaired) electrons. The summed E-state index contributed by atoms with van der Waals surface area (Å²) in [5, 5.41) is 13.9. The topological polar surface area (TPSA) is 92.5 Å². The van der Waals surface area contributed by atoms with Gasteiger partial charge in [-0.3, -0.25) is 24.6 Å². The van der Waals surface area contributed by atoms with Crippen LogP contribution in [0.4, 0.5) is 11.4 Å². The second-order valence-corrected chi connectivity index (χ2v) is 6.30. The number of carbonyl (C=O) groups is 2. The van der Waals surface area contributed by atoms with Gasteiger partial charge in [-0.1, -0.05) is 42.5 Å². The van der Waals surface area contributed by atoms with Crippen molar-refractivity contribution in [3.8, 4) is 11.1 Å². The van der Waals surface area contributed by atoms with Crippen LogP contribution >= 0.6 is 0 Å². The lowest BCUT2D eigenvalue weighted by Crippen LogP contribution is -2.34. The van der Waals surface area contributed by atoms with E-state index in [2.05, 4.69) is 5.32 Å². The van der Waals surface area contributed by atoms with E-state index in [1.807, 2.05) is 54.6 Å². The Morgan fingerprint density at radius 1 is 0.821 bits per heavy atom. The molecule has 2 amide bonds. The zero-order valence-corrected chi connectivity index (χ0v) is 14.7. The van der Waals surface area contributed by atoms with Crippen LogP contribution in [0.1, 0.15) is 20.7 Å². The van der Waals surface area contributed by atoms with E-state index in [4.69, 9.17) is 0 Å². The van der Waals surface area contributed by atoms with Gasteiger partial charge < -0.3 is 5.32 Å². The number of imide groups is 1. The van der Waals surface area contributed by atoms with Crippen LogP contribution in [0, 0.1) is 10.1 Å². The molecule has 0 aromatic heterocycles. The highest BCUT2D eigenvalue weighted by Gasteiger charge is 2.36. The number of carbonyl (C=O) groups excluding carboxylic acids is 2. The second kappa shape index (κ2) is 6.96. The Morgan fingerprint density at radius 2 is 1.46 bits per heavy atom. The van der Waals surface area contributed by atoms with Crippen LogP contribution in [0.25, 0.3) is 11.1 Å². The van der Waals surface area contributed by atoms with Gasteiger partial charge >= 0.3 is 0 Å². The molecule has 4 rings (SSSR count). The summed E-state index contributed by atoms with van der Waals surface area (Å²) in [6.07, 6.45) is 0. The molecular weight excluding hydrogens is 358 g/mol. The molecule has 0 saturated carbocycles. The lowest BCUT2D eigenvalue weighted by atomic mass is 10.1. The smallest absolute Gasteiger partial charge is 0.270 e. The first kappa shape index (κ1) is 17.4. The third-order valence-electron chi connectivity index (χ3n) is 4.60. The number of nitro groups is 1. The maximum absolute atomic E-state index is 12.5. The summed E-state index contributed by atoms with van der Waals surface area (Å²) in [6, 6.07) is 21.2. The van der Waals surface area contributed by atoms with Crippen LogP contribution in [0.2, 0.25) is 0 Å². The van der Waals surface area contributed by atoms with E-state index in [1.54, 1.807) is 0 Å². The van der Waals surface area contributed by atoms with E-state index in [-0.39, 0.29) is 23.5 Å². The fourth-order valence-corrected chi connectivity index (χ4v) is 3.12. The molecule has 3 aromatic carbocycles. The van der Waals surface area contributed by atoms with Crippen molar-refractivity contribution >= 4 is 23.2 Å². The monoisotopic (exact) mass is 373 g/mol. The molecule has 7 nitrogen and oxygen atoms in total. The number of nitrogens with one attached hydrogen (secondary N) is 1. The molecule has 0 atom stereocenters. The predicted octanol–water partition coefficient (Wildman–Crippen LogP) is 3.93. The molecule has 3 aromatic rings. The minimum absolute atomic E-state index is 0.0230. The van der Waals surface area contributed by atoms with E-state index >= 15 is 0 Å². The van der Waals surface area contributed by atoms with E-state index in [1.165, 1.54) is 12.1 Å². The zero-order chi connectivity index (χ0) is 19.7. The molecule has 1 aliphatic rings. The van der Waals surface area contributed by atoms with E-state index in [0.29, 0.717) is 0 Å². The first-order valence-electron chi connectivity index (χ1n) is 8.58. The third kappa shape index (κ3) is 3.09. The fraction of sp³-hybridized carbons (Fsp3) is 0.0476.